The minimum atomic E-state index is -1.87. The van der Waals surface area contributed by atoms with Crippen molar-refractivity contribution in [2.75, 3.05) is 5.75 Å². The maximum absolute atomic E-state index is 11.3. The molecule has 0 bridgehead atoms. The van der Waals surface area contributed by atoms with Gasteiger partial charge in [-0.3, -0.25) is 9.79 Å². The topological polar surface area (TPSA) is 51.6 Å². The van der Waals surface area contributed by atoms with E-state index in [2.05, 4.69) is 49.9 Å². The summed E-state index contributed by atoms with van der Waals surface area (Å²) < 4.78 is 7.44. The number of fused-ring (bicyclic) bond motifs is 1. The molecule has 2 heterocycles. The monoisotopic (exact) mass is 412 g/mol. The number of thiazole rings is 1. The van der Waals surface area contributed by atoms with Crippen molar-refractivity contribution in [3.05, 3.63) is 23.2 Å². The number of hydrogen-bond acceptors (Lipinski definition) is 6. The van der Waals surface area contributed by atoms with E-state index in [1.165, 1.54) is 11.8 Å². The Morgan fingerprint density at radius 3 is 2.68 bits per heavy atom. The van der Waals surface area contributed by atoms with E-state index in [1.807, 2.05) is 12.1 Å². The molecule has 0 fully saturated rings. The Balaban J connectivity index is 1.88. The molecule has 1 atom stereocenters. The summed E-state index contributed by atoms with van der Waals surface area (Å²) in [6.45, 7) is 11.2. The molecule has 25 heavy (non-hydrogen) atoms. The first-order chi connectivity index (χ1) is 11.6. The van der Waals surface area contributed by atoms with Gasteiger partial charge in [0.05, 0.1) is 10.2 Å². The average molecular weight is 413 g/mol. The van der Waals surface area contributed by atoms with Crippen LogP contribution in [0.4, 0.5) is 0 Å². The van der Waals surface area contributed by atoms with Gasteiger partial charge < -0.3 is 4.43 Å². The van der Waals surface area contributed by atoms with Crippen molar-refractivity contribution >= 4 is 63.5 Å². The zero-order valence-corrected chi connectivity index (χ0v) is 18.3. The van der Waals surface area contributed by atoms with E-state index in [-0.39, 0.29) is 5.04 Å². The number of thioether (sulfide) groups is 1. The van der Waals surface area contributed by atoms with Crippen molar-refractivity contribution in [2.45, 2.75) is 44.9 Å². The predicted molar refractivity (Wildman–Crippen MR) is 111 cm³/mol. The van der Waals surface area contributed by atoms with E-state index < -0.39 is 19.6 Å². The summed E-state index contributed by atoms with van der Waals surface area (Å²) in [6.07, 6.45) is 0. The molecular formula is C17H21ClN2O2S2Si. The van der Waals surface area contributed by atoms with Crippen LogP contribution < -0.4 is 4.43 Å². The number of carbonyl (C=O) groups is 1. The third kappa shape index (κ3) is 3.94. The average Bonchev–Trinajstić information content (AvgIpc) is 3.11. The number of benzene rings is 1. The molecule has 4 nitrogen and oxygen atoms in total. The third-order valence-corrected chi connectivity index (χ3v) is 11.5. The zero-order chi connectivity index (χ0) is 18.4. The summed E-state index contributed by atoms with van der Waals surface area (Å²) in [5.74, 6) is 1.48. The highest BCUT2D eigenvalue weighted by Crippen LogP contribution is 2.38. The Bertz CT molecular complexity index is 858. The number of hydrogen-bond donors (Lipinski definition) is 0. The molecule has 1 unspecified atom stereocenters. The number of halogens is 1. The number of nitrogens with zero attached hydrogens (tertiary/aromatic N) is 2. The molecule has 134 valence electrons. The highest BCUT2D eigenvalue weighted by molar-refractivity contribution is 8.15. The zero-order valence-electron chi connectivity index (χ0n) is 14.9. The second-order valence-electron chi connectivity index (χ2n) is 7.58. The summed E-state index contributed by atoms with van der Waals surface area (Å²) >= 11 is 8.65. The van der Waals surface area contributed by atoms with Crippen LogP contribution >= 0.6 is 34.7 Å². The summed E-state index contributed by atoms with van der Waals surface area (Å²) in [4.78, 5) is 20.3. The van der Waals surface area contributed by atoms with Crippen molar-refractivity contribution in [1.82, 2.24) is 4.98 Å². The van der Waals surface area contributed by atoms with E-state index >= 15 is 0 Å². The van der Waals surface area contributed by atoms with Crippen LogP contribution in [-0.2, 0) is 4.79 Å². The van der Waals surface area contributed by atoms with Gasteiger partial charge in [0.2, 0.25) is 13.6 Å². The van der Waals surface area contributed by atoms with E-state index in [0.29, 0.717) is 5.75 Å². The lowest BCUT2D eigenvalue weighted by Crippen LogP contribution is -2.43. The minimum absolute atomic E-state index is 0.152. The van der Waals surface area contributed by atoms with Gasteiger partial charge in [0.15, 0.2) is 0 Å². The minimum Gasteiger partial charge on any atom is -0.543 e. The van der Waals surface area contributed by atoms with Gasteiger partial charge in [0.1, 0.15) is 21.8 Å². The molecule has 1 aliphatic heterocycles. The Hall–Kier alpha value is -0.893. The van der Waals surface area contributed by atoms with E-state index in [0.717, 1.165) is 26.0 Å². The van der Waals surface area contributed by atoms with Crippen LogP contribution in [0.1, 0.15) is 25.8 Å². The molecule has 1 aromatic carbocycles. The van der Waals surface area contributed by atoms with Crippen LogP contribution in [0.3, 0.4) is 0 Å². The Kier molecular flexibility index (Phi) is 5.05. The van der Waals surface area contributed by atoms with Gasteiger partial charge in [-0.15, -0.1) is 23.1 Å². The number of aliphatic imine (C=N–C) groups is 1. The molecule has 0 saturated carbocycles. The molecule has 0 radical (unpaired) electrons. The van der Waals surface area contributed by atoms with Gasteiger partial charge in [0, 0.05) is 5.75 Å². The number of carbonyl (C=O) groups excluding carboxylic acids is 1. The van der Waals surface area contributed by atoms with Crippen LogP contribution in [0.2, 0.25) is 18.1 Å². The van der Waals surface area contributed by atoms with Gasteiger partial charge in [-0.2, -0.15) is 0 Å². The Labute approximate surface area is 162 Å². The number of rotatable bonds is 4. The molecule has 0 amide bonds. The van der Waals surface area contributed by atoms with E-state index in [4.69, 9.17) is 16.0 Å². The summed E-state index contributed by atoms with van der Waals surface area (Å²) in [5.41, 5.74) is 0.923. The highest BCUT2D eigenvalue weighted by Gasteiger charge is 2.39. The maximum atomic E-state index is 11.3. The van der Waals surface area contributed by atoms with Crippen LogP contribution in [-0.4, -0.2) is 35.4 Å². The van der Waals surface area contributed by atoms with Crippen molar-refractivity contribution in [3.8, 4) is 5.75 Å². The van der Waals surface area contributed by atoms with Gasteiger partial charge in [-0.1, -0.05) is 20.8 Å². The van der Waals surface area contributed by atoms with Crippen molar-refractivity contribution in [3.63, 3.8) is 0 Å². The molecule has 3 rings (SSSR count). The molecule has 1 aliphatic rings. The molecule has 0 N–H and O–H groups in total. The van der Waals surface area contributed by atoms with Gasteiger partial charge in [-0.05, 0) is 47.9 Å². The first kappa shape index (κ1) is 18.9. The largest absolute Gasteiger partial charge is 0.543 e. The van der Waals surface area contributed by atoms with Crippen LogP contribution in [0.5, 0.6) is 5.75 Å². The third-order valence-electron chi connectivity index (χ3n) is 4.64. The highest BCUT2D eigenvalue weighted by atomic mass is 35.5. The van der Waals surface area contributed by atoms with E-state index in [1.54, 1.807) is 11.3 Å². The van der Waals surface area contributed by atoms with Crippen LogP contribution in [0.15, 0.2) is 23.2 Å². The molecule has 2 aromatic rings. The standard InChI is InChI=1S/C17H21ClN2O2S2Si/c1-17(2,3)25(4,5)22-10-6-7-11-13(8-10)24-16(19-11)15-20-12(9-23-15)14(18)21/h6-8,12H,9H2,1-5H3. The lowest BCUT2D eigenvalue weighted by molar-refractivity contribution is -0.112. The molecule has 1 aromatic heterocycles. The van der Waals surface area contributed by atoms with Crippen LogP contribution in [0, 0.1) is 0 Å². The normalized spacial score (nSPS) is 18.5. The molecule has 0 spiro atoms. The van der Waals surface area contributed by atoms with Gasteiger partial charge >= 0.3 is 0 Å². The molecular weight excluding hydrogens is 392 g/mol. The first-order valence-corrected chi connectivity index (χ1v) is 13.2. The SMILES string of the molecule is CC(C)(C)[Si](C)(C)Oc1ccc2nc(C3=NC(C(=O)Cl)CS3)sc2c1. The van der Waals surface area contributed by atoms with Gasteiger partial charge in [-0.25, -0.2) is 4.98 Å². The lowest BCUT2D eigenvalue weighted by atomic mass is 10.2. The van der Waals surface area contributed by atoms with Crippen molar-refractivity contribution in [1.29, 1.82) is 0 Å². The number of aromatic nitrogens is 1. The fraction of sp³-hybridized carbons (Fsp3) is 0.471. The lowest BCUT2D eigenvalue weighted by Gasteiger charge is -2.36. The summed E-state index contributed by atoms with van der Waals surface area (Å²) in [7, 11) is -1.87. The molecule has 0 saturated heterocycles. The second kappa shape index (κ2) is 6.68. The fourth-order valence-corrected chi connectivity index (χ4v) is 5.45. The second-order valence-corrected chi connectivity index (χ2v) is 14.7. The first-order valence-electron chi connectivity index (χ1n) is 8.07. The summed E-state index contributed by atoms with van der Waals surface area (Å²) in [6, 6.07) is 5.58. The quantitative estimate of drug-likeness (QED) is 0.504. The smallest absolute Gasteiger partial charge is 0.250 e. The van der Waals surface area contributed by atoms with Crippen molar-refractivity contribution in [2.24, 2.45) is 4.99 Å². The molecule has 0 aliphatic carbocycles. The van der Waals surface area contributed by atoms with Crippen LogP contribution in [0.25, 0.3) is 10.2 Å². The Morgan fingerprint density at radius 2 is 2.08 bits per heavy atom. The molecule has 8 heteroatoms. The fourth-order valence-electron chi connectivity index (χ4n) is 2.11. The van der Waals surface area contributed by atoms with Gasteiger partial charge in [0.25, 0.3) is 0 Å². The maximum Gasteiger partial charge on any atom is 0.250 e. The predicted octanol–water partition coefficient (Wildman–Crippen LogP) is 5.31. The summed E-state index contributed by atoms with van der Waals surface area (Å²) in [5, 5.41) is 1.38. The van der Waals surface area contributed by atoms with E-state index in [9.17, 15) is 4.79 Å². The Morgan fingerprint density at radius 1 is 1.36 bits per heavy atom. The van der Waals surface area contributed by atoms with Crippen molar-refractivity contribution < 1.29 is 9.22 Å².